The van der Waals surface area contributed by atoms with E-state index >= 15 is 0 Å². The second-order valence-electron chi connectivity index (χ2n) is 3.13. The molecular weight excluding hydrogens is 184 g/mol. The zero-order chi connectivity index (χ0) is 10.7. The molecule has 0 aliphatic rings. The zero-order valence-corrected chi connectivity index (χ0v) is 8.19. The first kappa shape index (κ1) is 10.5. The minimum atomic E-state index is -0.330. The third-order valence-electron chi connectivity index (χ3n) is 1.83. The van der Waals surface area contributed by atoms with E-state index in [0.717, 1.165) is 0 Å². The summed E-state index contributed by atoms with van der Waals surface area (Å²) in [6.07, 6.45) is 1.42. The molecule has 1 atom stereocenters. The van der Waals surface area contributed by atoms with E-state index in [1.807, 2.05) is 0 Å². The number of aliphatic hydroxyl groups excluding tert-OH is 1. The Balaban J connectivity index is 2.79. The van der Waals surface area contributed by atoms with Gasteiger partial charge in [0.1, 0.15) is 5.69 Å². The highest BCUT2D eigenvalue weighted by Gasteiger charge is 2.16. The Morgan fingerprint density at radius 3 is 2.93 bits per heavy atom. The van der Waals surface area contributed by atoms with Gasteiger partial charge in [0.25, 0.3) is 5.91 Å². The van der Waals surface area contributed by atoms with Crippen LogP contribution in [0.5, 0.6) is 0 Å². The molecule has 6 nitrogen and oxygen atoms in total. The normalized spacial score (nSPS) is 12.5. The fraction of sp³-hybridized carbons (Fsp3) is 0.500. The van der Waals surface area contributed by atoms with E-state index in [0.29, 0.717) is 11.4 Å². The fourth-order valence-corrected chi connectivity index (χ4v) is 1.07. The number of hydrogen-bond acceptors (Lipinski definition) is 4. The van der Waals surface area contributed by atoms with Crippen LogP contribution in [0.3, 0.4) is 0 Å². The number of amides is 1. The van der Waals surface area contributed by atoms with Gasteiger partial charge in [-0.15, -0.1) is 0 Å². The molecule has 1 amide bonds. The van der Waals surface area contributed by atoms with E-state index in [1.165, 1.54) is 10.9 Å². The molecule has 1 aromatic heterocycles. The lowest BCUT2D eigenvalue weighted by Gasteiger charge is -2.10. The molecule has 0 aromatic carbocycles. The topological polar surface area (TPSA) is 93.2 Å². The van der Waals surface area contributed by atoms with Gasteiger partial charge in [0.2, 0.25) is 0 Å². The summed E-state index contributed by atoms with van der Waals surface area (Å²) in [5, 5.41) is 15.2. The predicted octanol–water partition coefficient (Wildman–Crippen LogP) is -0.887. The number of hydrogen-bond donors (Lipinski definition) is 3. The smallest absolute Gasteiger partial charge is 0.271 e. The Hall–Kier alpha value is -1.56. The van der Waals surface area contributed by atoms with Crippen molar-refractivity contribution in [1.29, 1.82) is 0 Å². The molecule has 0 spiro atoms. The molecular formula is C8H14N4O2. The number of nitrogens with one attached hydrogen (secondary N) is 1. The maximum atomic E-state index is 11.6. The van der Waals surface area contributed by atoms with Gasteiger partial charge in [-0.25, -0.2) is 0 Å². The van der Waals surface area contributed by atoms with Crippen LogP contribution >= 0.6 is 0 Å². The van der Waals surface area contributed by atoms with Gasteiger partial charge >= 0.3 is 0 Å². The zero-order valence-electron chi connectivity index (χ0n) is 8.19. The highest BCUT2D eigenvalue weighted by molar-refractivity contribution is 5.97. The van der Waals surface area contributed by atoms with Gasteiger partial charge in [0.05, 0.1) is 18.5 Å². The molecule has 0 saturated heterocycles. The highest BCUT2D eigenvalue weighted by Crippen LogP contribution is 2.08. The van der Waals surface area contributed by atoms with Crippen molar-refractivity contribution in [3.05, 3.63) is 11.9 Å². The minimum absolute atomic E-state index is 0.108. The molecule has 0 aliphatic carbocycles. The molecule has 0 saturated carbocycles. The third-order valence-corrected chi connectivity index (χ3v) is 1.83. The number of rotatable bonds is 3. The van der Waals surface area contributed by atoms with Crippen LogP contribution in [0.1, 0.15) is 17.4 Å². The third kappa shape index (κ3) is 2.02. The maximum Gasteiger partial charge on any atom is 0.271 e. The number of aromatic nitrogens is 2. The van der Waals surface area contributed by atoms with Crippen LogP contribution in [0, 0.1) is 0 Å². The maximum absolute atomic E-state index is 11.6. The molecule has 4 N–H and O–H groups in total. The molecule has 0 bridgehead atoms. The summed E-state index contributed by atoms with van der Waals surface area (Å²) in [6, 6.07) is -0.295. The molecule has 1 aromatic rings. The van der Waals surface area contributed by atoms with Crippen LogP contribution in [0.15, 0.2) is 6.20 Å². The van der Waals surface area contributed by atoms with Gasteiger partial charge in [0, 0.05) is 13.1 Å². The summed E-state index contributed by atoms with van der Waals surface area (Å²) in [6.45, 7) is 1.59. The van der Waals surface area contributed by atoms with E-state index in [1.54, 1.807) is 14.0 Å². The molecule has 0 aliphatic heterocycles. The van der Waals surface area contributed by atoms with Crippen LogP contribution in [0.25, 0.3) is 0 Å². The Bertz CT molecular complexity index is 315. The lowest BCUT2D eigenvalue weighted by atomic mass is 10.3. The van der Waals surface area contributed by atoms with E-state index in [2.05, 4.69) is 10.4 Å². The van der Waals surface area contributed by atoms with Crippen molar-refractivity contribution < 1.29 is 9.90 Å². The van der Waals surface area contributed by atoms with Gasteiger partial charge in [-0.1, -0.05) is 0 Å². The predicted molar refractivity (Wildman–Crippen MR) is 51.6 cm³/mol. The van der Waals surface area contributed by atoms with Crippen LogP contribution in [0.4, 0.5) is 5.69 Å². The average molecular weight is 198 g/mol. The second kappa shape index (κ2) is 4.10. The summed E-state index contributed by atoms with van der Waals surface area (Å²) in [7, 11) is 1.63. The van der Waals surface area contributed by atoms with Crippen LogP contribution < -0.4 is 11.1 Å². The standard InChI is InChI=1S/C8H14N4O2/c1-5(4-13)11-8(14)7-6(9)3-10-12(7)2/h3,5,13H,4,9H2,1-2H3,(H,11,14)/t5-/m1/s1. The van der Waals surface area contributed by atoms with Crippen molar-refractivity contribution >= 4 is 11.6 Å². The van der Waals surface area contributed by atoms with Crippen LogP contribution in [-0.2, 0) is 7.05 Å². The first-order valence-electron chi connectivity index (χ1n) is 4.25. The average Bonchev–Trinajstić information content (AvgIpc) is 2.46. The highest BCUT2D eigenvalue weighted by atomic mass is 16.3. The largest absolute Gasteiger partial charge is 0.396 e. The van der Waals surface area contributed by atoms with E-state index in [-0.39, 0.29) is 18.6 Å². The number of carbonyl (C=O) groups excluding carboxylic acids is 1. The SMILES string of the molecule is C[C@H](CO)NC(=O)c1c(N)cnn1C. The van der Waals surface area contributed by atoms with Gasteiger partial charge < -0.3 is 16.2 Å². The molecule has 14 heavy (non-hydrogen) atoms. The second-order valence-corrected chi connectivity index (χ2v) is 3.13. The number of nitrogen functional groups attached to an aromatic ring is 1. The van der Waals surface area contributed by atoms with Gasteiger partial charge in [-0.2, -0.15) is 5.10 Å². The summed E-state index contributed by atoms with van der Waals surface area (Å²) in [4.78, 5) is 11.6. The van der Waals surface area contributed by atoms with Gasteiger partial charge in [-0.05, 0) is 6.92 Å². The van der Waals surface area contributed by atoms with Crippen LogP contribution in [0.2, 0.25) is 0 Å². The minimum Gasteiger partial charge on any atom is -0.396 e. The fourth-order valence-electron chi connectivity index (χ4n) is 1.07. The first-order chi connectivity index (χ1) is 6.56. The lowest BCUT2D eigenvalue weighted by molar-refractivity contribution is 0.0913. The van der Waals surface area contributed by atoms with E-state index < -0.39 is 0 Å². The van der Waals surface area contributed by atoms with E-state index in [9.17, 15) is 4.79 Å². The van der Waals surface area contributed by atoms with Gasteiger partial charge in [-0.3, -0.25) is 9.48 Å². The molecule has 1 heterocycles. The lowest BCUT2D eigenvalue weighted by Crippen LogP contribution is -2.36. The quantitative estimate of drug-likeness (QED) is 0.587. The Labute approximate surface area is 81.7 Å². The van der Waals surface area contributed by atoms with Crippen molar-refractivity contribution in [3.63, 3.8) is 0 Å². The number of carbonyl (C=O) groups is 1. The van der Waals surface area contributed by atoms with Crippen molar-refractivity contribution in [1.82, 2.24) is 15.1 Å². The molecule has 0 radical (unpaired) electrons. The van der Waals surface area contributed by atoms with Crippen molar-refractivity contribution in [2.75, 3.05) is 12.3 Å². The molecule has 6 heteroatoms. The monoisotopic (exact) mass is 198 g/mol. The number of nitrogens with zero attached hydrogens (tertiary/aromatic N) is 2. The number of nitrogens with two attached hydrogens (primary N) is 1. The summed E-state index contributed by atoms with van der Waals surface area (Å²) in [5.41, 5.74) is 6.19. The van der Waals surface area contributed by atoms with Crippen molar-refractivity contribution in [2.45, 2.75) is 13.0 Å². The summed E-state index contributed by atoms with van der Waals surface area (Å²) in [5.74, 6) is -0.330. The molecule has 78 valence electrons. The Morgan fingerprint density at radius 1 is 1.86 bits per heavy atom. The number of anilines is 1. The van der Waals surface area contributed by atoms with Crippen molar-refractivity contribution in [2.24, 2.45) is 7.05 Å². The number of aryl methyl sites for hydroxylation is 1. The van der Waals surface area contributed by atoms with Crippen molar-refractivity contribution in [3.8, 4) is 0 Å². The van der Waals surface area contributed by atoms with Crippen LogP contribution in [-0.4, -0.2) is 33.4 Å². The molecule has 1 rings (SSSR count). The Morgan fingerprint density at radius 2 is 2.50 bits per heavy atom. The molecule has 0 unspecified atom stereocenters. The first-order valence-corrected chi connectivity index (χ1v) is 4.25. The summed E-state index contributed by atoms with van der Waals surface area (Å²) >= 11 is 0. The van der Waals surface area contributed by atoms with Gasteiger partial charge in [0.15, 0.2) is 0 Å². The van der Waals surface area contributed by atoms with E-state index in [4.69, 9.17) is 10.8 Å². The number of aliphatic hydroxyl groups is 1. The Kier molecular flexibility index (Phi) is 3.08. The molecule has 0 fully saturated rings. The summed E-state index contributed by atoms with van der Waals surface area (Å²) < 4.78 is 1.40.